The van der Waals surface area contributed by atoms with Crippen molar-refractivity contribution >= 4 is 0 Å². The molecule has 4 heteroatoms. The van der Waals surface area contributed by atoms with Crippen LogP contribution in [0, 0.1) is 0 Å². The third kappa shape index (κ3) is 2.53. The van der Waals surface area contributed by atoms with E-state index >= 15 is 0 Å². The van der Waals surface area contributed by atoms with Gasteiger partial charge in [-0.15, -0.1) is 0 Å². The Morgan fingerprint density at radius 2 is 1.75 bits per heavy atom. The molecule has 0 unspecified atom stereocenters. The minimum atomic E-state index is -2.79. The fourth-order valence-electron chi connectivity index (χ4n) is 1.34. The van der Waals surface area contributed by atoms with Crippen LogP contribution in [0.4, 0.5) is 8.78 Å². The van der Waals surface area contributed by atoms with Gasteiger partial charge in [-0.2, -0.15) is 8.78 Å². The number of benzene rings is 1. The van der Waals surface area contributed by atoms with E-state index in [4.69, 9.17) is 0 Å². The third-order valence-electron chi connectivity index (χ3n) is 2.04. The van der Waals surface area contributed by atoms with Crippen LogP contribution in [0.5, 0.6) is 5.75 Å². The lowest BCUT2D eigenvalue weighted by Gasteiger charge is -2.05. The smallest absolute Gasteiger partial charge is 0.387 e. The van der Waals surface area contributed by atoms with E-state index in [0.29, 0.717) is 0 Å². The number of hydrogen-bond acceptors (Lipinski definition) is 2. The van der Waals surface area contributed by atoms with Crippen molar-refractivity contribution in [3.05, 3.63) is 48.7 Å². The fourth-order valence-corrected chi connectivity index (χ4v) is 1.34. The molecule has 0 aliphatic heterocycles. The minimum Gasteiger partial charge on any atom is -0.435 e. The number of nitrogens with zero attached hydrogens (tertiary/aromatic N) is 1. The van der Waals surface area contributed by atoms with Gasteiger partial charge < -0.3 is 4.74 Å². The van der Waals surface area contributed by atoms with E-state index in [2.05, 4.69) is 9.72 Å². The van der Waals surface area contributed by atoms with E-state index in [1.54, 1.807) is 18.3 Å². The van der Waals surface area contributed by atoms with E-state index < -0.39 is 6.61 Å². The Labute approximate surface area is 91.5 Å². The molecular formula is C12H9F2NO. The van der Waals surface area contributed by atoms with Gasteiger partial charge in [0, 0.05) is 11.8 Å². The predicted octanol–water partition coefficient (Wildman–Crippen LogP) is 3.35. The maximum absolute atomic E-state index is 11.9. The van der Waals surface area contributed by atoms with Gasteiger partial charge in [0.25, 0.3) is 0 Å². The second-order valence-electron chi connectivity index (χ2n) is 3.12. The molecule has 0 fully saturated rings. The maximum atomic E-state index is 11.9. The lowest BCUT2D eigenvalue weighted by Crippen LogP contribution is -2.01. The summed E-state index contributed by atoms with van der Waals surface area (Å²) in [6.07, 6.45) is 1.68. The Kier molecular flexibility index (Phi) is 3.10. The highest BCUT2D eigenvalue weighted by Crippen LogP contribution is 2.21. The summed E-state index contributed by atoms with van der Waals surface area (Å²) in [6.45, 7) is -2.79. The highest BCUT2D eigenvalue weighted by atomic mass is 19.3. The third-order valence-corrected chi connectivity index (χ3v) is 2.04. The van der Waals surface area contributed by atoms with Crippen LogP contribution in [0.3, 0.4) is 0 Å². The number of rotatable bonds is 3. The van der Waals surface area contributed by atoms with Gasteiger partial charge in [-0.25, -0.2) is 0 Å². The molecule has 1 heterocycles. The van der Waals surface area contributed by atoms with E-state index in [1.807, 2.05) is 18.2 Å². The van der Waals surface area contributed by atoms with Gasteiger partial charge in [0.05, 0.1) is 5.69 Å². The van der Waals surface area contributed by atoms with Gasteiger partial charge >= 0.3 is 6.61 Å². The van der Waals surface area contributed by atoms with Gasteiger partial charge in [-0.05, 0) is 36.4 Å². The van der Waals surface area contributed by atoms with Crippen molar-refractivity contribution in [2.24, 2.45) is 0 Å². The Morgan fingerprint density at radius 1 is 1.00 bits per heavy atom. The molecule has 0 atom stereocenters. The Hall–Kier alpha value is -1.97. The first kappa shape index (κ1) is 10.5. The molecule has 2 aromatic rings. The zero-order valence-corrected chi connectivity index (χ0v) is 8.31. The van der Waals surface area contributed by atoms with E-state index in [-0.39, 0.29) is 5.75 Å². The average molecular weight is 221 g/mol. The van der Waals surface area contributed by atoms with Gasteiger partial charge in [0.1, 0.15) is 5.75 Å². The molecule has 0 N–H and O–H groups in total. The summed E-state index contributed by atoms with van der Waals surface area (Å²) in [7, 11) is 0. The number of hydrogen-bond donors (Lipinski definition) is 0. The van der Waals surface area contributed by atoms with Crippen LogP contribution in [0.25, 0.3) is 11.3 Å². The van der Waals surface area contributed by atoms with Crippen molar-refractivity contribution in [3.63, 3.8) is 0 Å². The lowest BCUT2D eigenvalue weighted by atomic mass is 10.1. The number of alkyl halides is 2. The first-order valence-corrected chi connectivity index (χ1v) is 4.72. The van der Waals surface area contributed by atoms with Crippen molar-refractivity contribution in [1.82, 2.24) is 4.98 Å². The minimum absolute atomic E-state index is 0.148. The van der Waals surface area contributed by atoms with Gasteiger partial charge in [-0.1, -0.05) is 6.07 Å². The quantitative estimate of drug-likeness (QED) is 0.792. The first-order valence-electron chi connectivity index (χ1n) is 4.72. The summed E-state index contributed by atoms with van der Waals surface area (Å²) in [5, 5.41) is 0. The Balaban J connectivity index is 2.20. The zero-order chi connectivity index (χ0) is 11.4. The topological polar surface area (TPSA) is 22.1 Å². The molecule has 0 aliphatic carbocycles. The molecule has 2 rings (SSSR count). The van der Waals surface area contributed by atoms with E-state index in [1.165, 1.54) is 12.1 Å². The van der Waals surface area contributed by atoms with Crippen LogP contribution >= 0.6 is 0 Å². The van der Waals surface area contributed by atoms with Crippen LogP contribution in [0.1, 0.15) is 0 Å². The SMILES string of the molecule is FC(F)Oc1ccc(-c2ccccn2)cc1. The number of aromatic nitrogens is 1. The molecule has 0 spiro atoms. The number of pyridine rings is 1. The number of halogens is 2. The van der Waals surface area contributed by atoms with Gasteiger partial charge in [-0.3, -0.25) is 4.98 Å². The van der Waals surface area contributed by atoms with Crippen LogP contribution in [-0.4, -0.2) is 11.6 Å². The average Bonchev–Trinajstić information content (AvgIpc) is 2.30. The zero-order valence-electron chi connectivity index (χ0n) is 8.31. The van der Waals surface area contributed by atoms with Crippen LogP contribution in [0.2, 0.25) is 0 Å². The van der Waals surface area contributed by atoms with Crippen molar-refractivity contribution in [2.75, 3.05) is 0 Å². The summed E-state index contributed by atoms with van der Waals surface area (Å²) in [5.41, 5.74) is 1.66. The lowest BCUT2D eigenvalue weighted by molar-refractivity contribution is -0.0498. The molecule has 1 aromatic heterocycles. The second kappa shape index (κ2) is 4.70. The van der Waals surface area contributed by atoms with Crippen LogP contribution in [0.15, 0.2) is 48.7 Å². The molecule has 0 saturated heterocycles. The summed E-state index contributed by atoms with van der Waals surface area (Å²) in [6, 6.07) is 11.9. The molecule has 0 aliphatic rings. The molecule has 1 aromatic carbocycles. The van der Waals surface area contributed by atoms with E-state index in [9.17, 15) is 8.78 Å². The molecule has 16 heavy (non-hydrogen) atoms. The molecule has 0 amide bonds. The molecular weight excluding hydrogens is 212 g/mol. The summed E-state index contributed by atoms with van der Waals surface area (Å²) in [4.78, 5) is 4.15. The highest BCUT2D eigenvalue weighted by molar-refractivity contribution is 5.59. The normalized spacial score (nSPS) is 10.4. The van der Waals surface area contributed by atoms with Crippen LogP contribution in [-0.2, 0) is 0 Å². The summed E-state index contributed by atoms with van der Waals surface area (Å²) in [5.74, 6) is 0.148. The van der Waals surface area contributed by atoms with Crippen LogP contribution < -0.4 is 4.74 Å². The molecule has 0 radical (unpaired) electrons. The number of ether oxygens (including phenoxy) is 1. The maximum Gasteiger partial charge on any atom is 0.387 e. The second-order valence-corrected chi connectivity index (χ2v) is 3.12. The summed E-state index contributed by atoms with van der Waals surface area (Å²) < 4.78 is 28.1. The van der Waals surface area contributed by atoms with Crippen molar-refractivity contribution in [2.45, 2.75) is 6.61 Å². The Morgan fingerprint density at radius 3 is 2.31 bits per heavy atom. The Bertz CT molecular complexity index is 442. The molecule has 0 bridgehead atoms. The van der Waals surface area contributed by atoms with Crippen molar-refractivity contribution in [1.29, 1.82) is 0 Å². The monoisotopic (exact) mass is 221 g/mol. The van der Waals surface area contributed by atoms with Crippen molar-refractivity contribution < 1.29 is 13.5 Å². The van der Waals surface area contributed by atoms with Gasteiger partial charge in [0.2, 0.25) is 0 Å². The molecule has 0 saturated carbocycles. The molecule has 2 nitrogen and oxygen atoms in total. The fraction of sp³-hybridized carbons (Fsp3) is 0.0833. The van der Waals surface area contributed by atoms with E-state index in [0.717, 1.165) is 11.3 Å². The highest BCUT2D eigenvalue weighted by Gasteiger charge is 2.04. The molecule has 82 valence electrons. The van der Waals surface area contributed by atoms with Crippen molar-refractivity contribution in [3.8, 4) is 17.0 Å². The standard InChI is InChI=1S/C12H9F2NO/c13-12(14)16-10-6-4-9(5-7-10)11-3-1-2-8-15-11/h1-8,12H. The largest absolute Gasteiger partial charge is 0.435 e. The first-order chi connectivity index (χ1) is 7.75. The predicted molar refractivity (Wildman–Crippen MR) is 56.3 cm³/mol. The van der Waals surface area contributed by atoms with Gasteiger partial charge in [0.15, 0.2) is 0 Å². The summed E-state index contributed by atoms with van der Waals surface area (Å²) >= 11 is 0.